The van der Waals surface area contributed by atoms with Gasteiger partial charge in [-0.2, -0.15) is 4.68 Å². The molecule has 0 saturated heterocycles. The van der Waals surface area contributed by atoms with Gasteiger partial charge in [0.05, 0.1) is 18.6 Å². The molecule has 0 aliphatic rings. The highest BCUT2D eigenvalue weighted by Crippen LogP contribution is 2.25. The third-order valence-corrected chi connectivity index (χ3v) is 4.82. The van der Waals surface area contributed by atoms with Crippen LogP contribution in [0.4, 0.5) is 0 Å². The van der Waals surface area contributed by atoms with Gasteiger partial charge >= 0.3 is 0 Å². The molecule has 136 valence electrons. The summed E-state index contributed by atoms with van der Waals surface area (Å²) in [6.45, 7) is 0. The molecule has 0 aliphatic heterocycles. The largest absolute Gasteiger partial charge is 0.497 e. The Kier molecular flexibility index (Phi) is 4.71. The fourth-order valence-corrected chi connectivity index (χ4v) is 3.27. The molecule has 0 aliphatic carbocycles. The van der Waals surface area contributed by atoms with Crippen LogP contribution in [0.25, 0.3) is 17.1 Å². The topological polar surface area (TPSA) is 110 Å². The van der Waals surface area contributed by atoms with E-state index < -0.39 is 0 Å². The maximum atomic E-state index is 6.18. The van der Waals surface area contributed by atoms with Crippen LogP contribution in [0.2, 0.25) is 0 Å². The molecule has 0 unspecified atom stereocenters. The van der Waals surface area contributed by atoms with E-state index in [1.807, 2.05) is 54.6 Å². The Morgan fingerprint density at radius 1 is 1.00 bits per heavy atom. The van der Waals surface area contributed by atoms with Gasteiger partial charge in [-0.05, 0) is 46.8 Å². The lowest BCUT2D eigenvalue weighted by molar-refractivity contribution is 0.415. The van der Waals surface area contributed by atoms with E-state index in [2.05, 4.69) is 25.7 Å². The first-order valence-electron chi connectivity index (χ1n) is 8.06. The van der Waals surface area contributed by atoms with E-state index in [-0.39, 0.29) is 0 Å². The number of benzene rings is 2. The highest BCUT2D eigenvalue weighted by molar-refractivity contribution is 7.98. The third-order valence-electron chi connectivity index (χ3n) is 3.88. The molecule has 27 heavy (non-hydrogen) atoms. The number of thioether (sulfide) groups is 1. The van der Waals surface area contributed by atoms with Crippen molar-refractivity contribution in [3.8, 4) is 22.8 Å². The second-order valence-electron chi connectivity index (χ2n) is 5.54. The highest BCUT2D eigenvalue weighted by Gasteiger charge is 2.15. The lowest BCUT2D eigenvalue weighted by atomic mass is 10.2. The summed E-state index contributed by atoms with van der Waals surface area (Å²) in [5.41, 5.74) is 1.75. The first kappa shape index (κ1) is 17.0. The summed E-state index contributed by atoms with van der Waals surface area (Å²) in [5, 5.41) is 20.8. The number of ether oxygens (including phenoxy) is 1. The zero-order valence-corrected chi connectivity index (χ0v) is 15.2. The van der Waals surface area contributed by atoms with Gasteiger partial charge in [-0.15, -0.1) is 15.3 Å². The predicted molar refractivity (Wildman–Crippen MR) is 101 cm³/mol. The van der Waals surface area contributed by atoms with Crippen molar-refractivity contribution in [1.29, 1.82) is 0 Å². The Bertz CT molecular complexity index is 1030. The molecule has 2 heterocycles. The molecule has 4 aromatic rings. The minimum Gasteiger partial charge on any atom is -0.497 e. The minimum atomic E-state index is 0.500. The number of methoxy groups -OCH3 is 1. The summed E-state index contributed by atoms with van der Waals surface area (Å²) in [5.74, 6) is 8.71. The Morgan fingerprint density at radius 3 is 2.52 bits per heavy atom. The van der Waals surface area contributed by atoms with Gasteiger partial charge in [-0.3, -0.25) is 0 Å². The van der Waals surface area contributed by atoms with E-state index in [0.29, 0.717) is 22.6 Å². The van der Waals surface area contributed by atoms with E-state index in [9.17, 15) is 0 Å². The van der Waals surface area contributed by atoms with Crippen molar-refractivity contribution in [2.75, 3.05) is 13.0 Å². The first-order chi connectivity index (χ1) is 13.3. The van der Waals surface area contributed by atoms with Crippen LogP contribution < -0.4 is 10.6 Å². The molecule has 4 rings (SSSR count). The van der Waals surface area contributed by atoms with Crippen molar-refractivity contribution in [3.63, 3.8) is 0 Å². The zero-order chi connectivity index (χ0) is 18.6. The van der Waals surface area contributed by atoms with Crippen LogP contribution in [0.3, 0.4) is 0 Å². The van der Waals surface area contributed by atoms with E-state index in [1.165, 1.54) is 16.4 Å². The lowest BCUT2D eigenvalue weighted by Crippen LogP contribution is -2.12. The van der Waals surface area contributed by atoms with Gasteiger partial charge in [-0.1, -0.05) is 30.0 Å². The van der Waals surface area contributed by atoms with Crippen molar-refractivity contribution in [2.24, 2.45) is 0 Å². The van der Waals surface area contributed by atoms with Gasteiger partial charge in [0.1, 0.15) is 5.75 Å². The number of nitrogen functional groups attached to an aromatic ring is 1. The fourth-order valence-electron chi connectivity index (χ4n) is 2.51. The van der Waals surface area contributed by atoms with Crippen LogP contribution in [-0.2, 0) is 5.75 Å². The predicted octanol–water partition coefficient (Wildman–Crippen LogP) is 1.94. The normalized spacial score (nSPS) is 10.9. The van der Waals surface area contributed by atoms with Crippen LogP contribution in [0.5, 0.6) is 5.75 Å². The van der Waals surface area contributed by atoms with E-state index >= 15 is 0 Å². The number of tetrazole rings is 1. The second-order valence-corrected chi connectivity index (χ2v) is 6.48. The quantitative estimate of drug-likeness (QED) is 0.399. The maximum absolute atomic E-state index is 6.18. The molecular formula is C17H16N8OS. The van der Waals surface area contributed by atoms with E-state index in [1.54, 1.807) is 11.8 Å². The molecule has 9 nitrogen and oxygen atoms in total. The van der Waals surface area contributed by atoms with Crippen molar-refractivity contribution in [2.45, 2.75) is 10.9 Å². The Morgan fingerprint density at radius 2 is 1.78 bits per heavy atom. The molecule has 0 amide bonds. The number of nitrogens with two attached hydrogens (primary N) is 1. The summed E-state index contributed by atoms with van der Waals surface area (Å²) < 4.78 is 8.32. The second kappa shape index (κ2) is 7.46. The highest BCUT2D eigenvalue weighted by atomic mass is 32.2. The minimum absolute atomic E-state index is 0.500. The van der Waals surface area contributed by atoms with Gasteiger partial charge in [0.25, 0.3) is 0 Å². The number of para-hydroxylation sites is 1. The molecule has 0 atom stereocenters. The smallest absolute Gasteiger partial charge is 0.210 e. The molecule has 2 N–H and O–H groups in total. The van der Waals surface area contributed by atoms with Crippen LogP contribution in [0.1, 0.15) is 5.82 Å². The average Bonchev–Trinajstić information content (AvgIpc) is 3.34. The summed E-state index contributed by atoms with van der Waals surface area (Å²) in [6, 6.07) is 17.2. The molecule has 2 aromatic carbocycles. The van der Waals surface area contributed by atoms with Crippen molar-refractivity contribution in [3.05, 3.63) is 60.4 Å². The first-order valence-corrected chi connectivity index (χ1v) is 9.05. The standard InChI is InChI=1S/C17H16N8OS/c1-26-14-9-7-12(8-10-14)16-20-21-17(24(16)18)27-11-15-19-22-23-25(15)13-5-3-2-4-6-13/h2-10H,11,18H2,1H3. The number of aromatic nitrogens is 7. The summed E-state index contributed by atoms with van der Waals surface area (Å²) in [6.07, 6.45) is 0. The van der Waals surface area contributed by atoms with E-state index in [4.69, 9.17) is 10.6 Å². The van der Waals surface area contributed by atoms with Crippen molar-refractivity contribution >= 4 is 11.8 Å². The molecule has 0 spiro atoms. The third kappa shape index (κ3) is 3.47. The molecule has 0 bridgehead atoms. The fraction of sp³-hybridized carbons (Fsp3) is 0.118. The molecule has 0 saturated carbocycles. The monoisotopic (exact) mass is 380 g/mol. The van der Waals surface area contributed by atoms with Gasteiger partial charge < -0.3 is 10.6 Å². The molecular weight excluding hydrogens is 364 g/mol. The van der Waals surface area contributed by atoms with Crippen molar-refractivity contribution in [1.82, 2.24) is 35.1 Å². The molecule has 2 aromatic heterocycles. The number of rotatable bonds is 6. The zero-order valence-electron chi connectivity index (χ0n) is 14.4. The van der Waals surface area contributed by atoms with Gasteiger partial charge in [0.2, 0.25) is 5.16 Å². The number of hydrogen-bond acceptors (Lipinski definition) is 8. The van der Waals surface area contributed by atoms with Crippen LogP contribution >= 0.6 is 11.8 Å². The molecule has 0 fully saturated rings. The van der Waals surface area contributed by atoms with Crippen LogP contribution in [-0.4, -0.2) is 42.2 Å². The Hall–Kier alpha value is -3.40. The van der Waals surface area contributed by atoms with Gasteiger partial charge in [-0.25, -0.2) is 4.68 Å². The van der Waals surface area contributed by atoms with E-state index in [0.717, 1.165) is 17.0 Å². The van der Waals surface area contributed by atoms with Gasteiger partial charge in [0.15, 0.2) is 11.6 Å². The summed E-state index contributed by atoms with van der Waals surface area (Å²) >= 11 is 1.41. The maximum Gasteiger partial charge on any atom is 0.210 e. The molecule has 10 heteroatoms. The Labute approximate surface area is 159 Å². The SMILES string of the molecule is COc1ccc(-c2nnc(SCc3nnnn3-c3ccccc3)n2N)cc1. The number of hydrogen-bond donors (Lipinski definition) is 1. The summed E-state index contributed by atoms with van der Waals surface area (Å²) in [4.78, 5) is 0. The van der Waals surface area contributed by atoms with Crippen molar-refractivity contribution < 1.29 is 4.74 Å². The lowest BCUT2D eigenvalue weighted by Gasteiger charge is -2.05. The molecule has 0 radical (unpaired) electrons. The Balaban J connectivity index is 1.52. The van der Waals surface area contributed by atoms with Crippen LogP contribution in [0.15, 0.2) is 59.8 Å². The van der Waals surface area contributed by atoms with Gasteiger partial charge in [0, 0.05) is 5.56 Å². The summed E-state index contributed by atoms with van der Waals surface area (Å²) in [7, 11) is 1.62. The number of nitrogens with zero attached hydrogens (tertiary/aromatic N) is 7. The van der Waals surface area contributed by atoms with Crippen LogP contribution in [0, 0.1) is 0 Å². The average molecular weight is 380 g/mol.